The quantitative estimate of drug-likeness (QED) is 0.553. The Morgan fingerprint density at radius 1 is 1.23 bits per heavy atom. The van der Waals surface area contributed by atoms with Gasteiger partial charge in [0.05, 0.1) is 29.3 Å². The molecule has 1 aliphatic rings. The van der Waals surface area contributed by atoms with Crippen molar-refractivity contribution in [3.8, 4) is 11.4 Å². The molecule has 5 rings (SSSR count). The predicted octanol–water partition coefficient (Wildman–Crippen LogP) is 3.16. The van der Waals surface area contributed by atoms with Crippen LogP contribution in [-0.2, 0) is 13.5 Å². The molecule has 1 saturated heterocycles. The molecule has 0 aliphatic carbocycles. The van der Waals surface area contributed by atoms with Gasteiger partial charge in [-0.25, -0.2) is 9.97 Å². The Labute approximate surface area is 180 Å². The minimum Gasteiger partial charge on any atom is -0.337 e. The zero-order valence-electron chi connectivity index (χ0n) is 17.7. The molecule has 4 aromatic rings. The van der Waals surface area contributed by atoms with Crippen LogP contribution in [0.3, 0.4) is 0 Å². The van der Waals surface area contributed by atoms with E-state index in [1.54, 1.807) is 6.20 Å². The average Bonchev–Trinajstić information content (AvgIpc) is 3.37. The Morgan fingerprint density at radius 2 is 2.10 bits per heavy atom. The number of nitrogens with zero attached hydrogens (tertiary/aromatic N) is 6. The second-order valence-electron chi connectivity index (χ2n) is 8.23. The largest absolute Gasteiger partial charge is 0.337 e. The number of carbonyl (C=O) groups is 1. The number of amides is 1. The maximum atomic E-state index is 13.2. The summed E-state index contributed by atoms with van der Waals surface area (Å²) < 4.78 is 2.02. The molecule has 0 bridgehead atoms. The SMILES string of the molecule is Cc1ncc(-c2cncc(CC3CCCN(C(=O)c4n[nH]c5ccccc45)C3)n2)n1C. The molecule has 1 N–H and O–H groups in total. The van der Waals surface area contributed by atoms with Crippen LogP contribution in [0.4, 0.5) is 0 Å². The highest BCUT2D eigenvalue weighted by molar-refractivity contribution is 6.04. The fourth-order valence-electron chi connectivity index (χ4n) is 4.36. The van der Waals surface area contributed by atoms with Gasteiger partial charge in [-0.1, -0.05) is 18.2 Å². The van der Waals surface area contributed by atoms with Crippen LogP contribution >= 0.6 is 0 Å². The van der Waals surface area contributed by atoms with E-state index in [4.69, 9.17) is 4.98 Å². The number of aromatic amines is 1. The number of imidazole rings is 1. The first kappa shape index (κ1) is 19.4. The number of nitrogens with one attached hydrogen (secondary N) is 1. The molecule has 31 heavy (non-hydrogen) atoms. The van der Waals surface area contributed by atoms with E-state index in [-0.39, 0.29) is 5.91 Å². The monoisotopic (exact) mass is 415 g/mol. The van der Waals surface area contributed by atoms with Crippen molar-refractivity contribution < 1.29 is 4.79 Å². The Bertz CT molecular complexity index is 1240. The Morgan fingerprint density at radius 3 is 2.94 bits per heavy atom. The number of H-pyrrole nitrogens is 1. The highest BCUT2D eigenvalue weighted by Gasteiger charge is 2.27. The summed E-state index contributed by atoms with van der Waals surface area (Å²) in [7, 11) is 1.98. The van der Waals surface area contributed by atoms with E-state index in [9.17, 15) is 4.79 Å². The van der Waals surface area contributed by atoms with E-state index in [2.05, 4.69) is 20.2 Å². The van der Waals surface area contributed by atoms with Gasteiger partial charge in [0.25, 0.3) is 5.91 Å². The van der Waals surface area contributed by atoms with Gasteiger partial charge in [0.15, 0.2) is 5.69 Å². The molecule has 0 spiro atoms. The number of hydrogen-bond donors (Lipinski definition) is 1. The van der Waals surface area contributed by atoms with Crippen molar-refractivity contribution in [1.29, 1.82) is 0 Å². The van der Waals surface area contributed by atoms with Crippen LogP contribution in [0.2, 0.25) is 0 Å². The molecule has 4 heterocycles. The zero-order chi connectivity index (χ0) is 21.4. The Balaban J connectivity index is 1.32. The molecule has 1 aromatic carbocycles. The van der Waals surface area contributed by atoms with Crippen molar-refractivity contribution in [3.05, 3.63) is 60.1 Å². The smallest absolute Gasteiger partial charge is 0.275 e. The molecular formula is C23H25N7O. The summed E-state index contributed by atoms with van der Waals surface area (Å²) in [5, 5.41) is 8.13. The maximum Gasteiger partial charge on any atom is 0.275 e. The number of para-hydroxylation sites is 1. The number of aryl methyl sites for hydroxylation is 1. The fourth-order valence-corrected chi connectivity index (χ4v) is 4.36. The number of rotatable bonds is 4. The first-order chi connectivity index (χ1) is 15.1. The third kappa shape index (κ3) is 3.69. The molecule has 1 fully saturated rings. The summed E-state index contributed by atoms with van der Waals surface area (Å²) in [4.78, 5) is 28.7. The number of fused-ring (bicyclic) bond motifs is 1. The van der Waals surface area contributed by atoms with Gasteiger partial charge in [0.1, 0.15) is 11.5 Å². The van der Waals surface area contributed by atoms with Crippen LogP contribution < -0.4 is 0 Å². The van der Waals surface area contributed by atoms with Gasteiger partial charge in [0.2, 0.25) is 0 Å². The van der Waals surface area contributed by atoms with Gasteiger partial charge in [-0.05, 0) is 38.2 Å². The van der Waals surface area contributed by atoms with Crippen LogP contribution in [-0.4, -0.2) is 53.6 Å². The molecule has 8 heteroatoms. The van der Waals surface area contributed by atoms with E-state index in [0.29, 0.717) is 18.2 Å². The minimum absolute atomic E-state index is 0.00709. The number of benzene rings is 1. The molecule has 0 saturated carbocycles. The van der Waals surface area contributed by atoms with Crippen LogP contribution in [0.1, 0.15) is 34.8 Å². The van der Waals surface area contributed by atoms with E-state index in [0.717, 1.165) is 59.6 Å². The summed E-state index contributed by atoms with van der Waals surface area (Å²) >= 11 is 0. The van der Waals surface area contributed by atoms with Crippen molar-refractivity contribution in [2.24, 2.45) is 13.0 Å². The van der Waals surface area contributed by atoms with E-state index in [1.807, 2.05) is 60.1 Å². The molecule has 158 valence electrons. The maximum absolute atomic E-state index is 13.2. The van der Waals surface area contributed by atoms with Crippen LogP contribution in [0, 0.1) is 12.8 Å². The second kappa shape index (κ2) is 7.94. The van der Waals surface area contributed by atoms with Crippen molar-refractivity contribution in [3.63, 3.8) is 0 Å². The lowest BCUT2D eigenvalue weighted by atomic mass is 9.93. The topological polar surface area (TPSA) is 92.6 Å². The third-order valence-electron chi connectivity index (χ3n) is 6.14. The molecule has 1 amide bonds. The lowest BCUT2D eigenvalue weighted by molar-refractivity contribution is 0.0668. The van der Waals surface area contributed by atoms with Gasteiger partial charge in [-0.3, -0.25) is 14.9 Å². The van der Waals surface area contributed by atoms with E-state index in [1.165, 1.54) is 0 Å². The van der Waals surface area contributed by atoms with E-state index < -0.39 is 0 Å². The van der Waals surface area contributed by atoms with E-state index >= 15 is 0 Å². The van der Waals surface area contributed by atoms with Crippen molar-refractivity contribution in [2.75, 3.05) is 13.1 Å². The summed E-state index contributed by atoms with van der Waals surface area (Å²) in [6.07, 6.45) is 8.28. The number of aromatic nitrogens is 6. The zero-order valence-corrected chi connectivity index (χ0v) is 17.7. The summed E-state index contributed by atoms with van der Waals surface area (Å²) in [5.41, 5.74) is 4.12. The van der Waals surface area contributed by atoms with Gasteiger partial charge in [-0.2, -0.15) is 5.10 Å². The molecule has 0 radical (unpaired) electrons. The molecule has 1 unspecified atom stereocenters. The summed E-state index contributed by atoms with van der Waals surface area (Å²) in [6, 6.07) is 7.75. The highest BCUT2D eigenvalue weighted by Crippen LogP contribution is 2.24. The molecule has 1 atom stereocenters. The Kier molecular flexibility index (Phi) is 4.97. The molecule has 8 nitrogen and oxygen atoms in total. The van der Waals surface area contributed by atoms with Crippen LogP contribution in [0.15, 0.2) is 42.9 Å². The second-order valence-corrected chi connectivity index (χ2v) is 8.23. The standard InChI is InChI=1S/C23H25N7O/c1-15-25-13-21(29(15)2)20-12-24-11-17(26-20)10-16-6-5-9-30(14-16)23(31)22-18-7-3-4-8-19(18)27-28-22/h3-4,7-8,11-13,16H,5-6,9-10,14H2,1-2H3,(H,27,28). The van der Waals surface area contributed by atoms with Crippen molar-refractivity contribution in [1.82, 2.24) is 34.6 Å². The average molecular weight is 416 g/mol. The summed E-state index contributed by atoms with van der Waals surface area (Å²) in [5.74, 6) is 1.28. The minimum atomic E-state index is -0.00709. The van der Waals surface area contributed by atoms with Gasteiger partial charge >= 0.3 is 0 Å². The van der Waals surface area contributed by atoms with Gasteiger partial charge < -0.3 is 9.47 Å². The number of hydrogen-bond acceptors (Lipinski definition) is 5. The highest BCUT2D eigenvalue weighted by atomic mass is 16.2. The number of piperidine rings is 1. The Hall–Kier alpha value is -3.55. The van der Waals surface area contributed by atoms with Gasteiger partial charge in [0, 0.05) is 31.7 Å². The normalized spacial score (nSPS) is 16.7. The van der Waals surface area contributed by atoms with Crippen molar-refractivity contribution in [2.45, 2.75) is 26.2 Å². The first-order valence-electron chi connectivity index (χ1n) is 10.6. The third-order valence-corrected chi connectivity index (χ3v) is 6.14. The van der Waals surface area contributed by atoms with Gasteiger partial charge in [-0.15, -0.1) is 0 Å². The molecular weight excluding hydrogens is 390 g/mol. The molecule has 1 aliphatic heterocycles. The first-order valence-corrected chi connectivity index (χ1v) is 10.6. The fraction of sp³-hybridized carbons (Fsp3) is 0.348. The number of likely N-dealkylation sites (tertiary alicyclic amines) is 1. The van der Waals surface area contributed by atoms with Crippen LogP contribution in [0.25, 0.3) is 22.3 Å². The lowest BCUT2D eigenvalue weighted by Gasteiger charge is -2.32. The number of carbonyl (C=O) groups excluding carboxylic acids is 1. The summed E-state index contributed by atoms with van der Waals surface area (Å²) in [6.45, 7) is 3.43. The predicted molar refractivity (Wildman–Crippen MR) is 117 cm³/mol. The molecule has 3 aromatic heterocycles. The van der Waals surface area contributed by atoms with Crippen LogP contribution in [0.5, 0.6) is 0 Å². The lowest BCUT2D eigenvalue weighted by Crippen LogP contribution is -2.40. The van der Waals surface area contributed by atoms with Crippen molar-refractivity contribution >= 4 is 16.8 Å².